The number of fused-ring (bicyclic) bond motifs is 1. The number of benzene rings is 1. The first-order valence-electron chi connectivity index (χ1n) is 8.67. The van der Waals surface area contributed by atoms with Gasteiger partial charge in [0.05, 0.1) is 6.61 Å². The molecule has 3 aromatic rings. The molecule has 29 heavy (non-hydrogen) atoms. The summed E-state index contributed by atoms with van der Waals surface area (Å²) < 4.78 is 8.00. The van der Waals surface area contributed by atoms with Gasteiger partial charge < -0.3 is 25.8 Å². The summed E-state index contributed by atoms with van der Waals surface area (Å²) in [5.74, 6) is 0.394. The molecule has 1 aromatic carbocycles. The Morgan fingerprint density at radius 2 is 2.03 bits per heavy atom. The van der Waals surface area contributed by atoms with Crippen LogP contribution < -0.4 is 11.3 Å². The Kier molecular flexibility index (Phi) is 5.64. The summed E-state index contributed by atoms with van der Waals surface area (Å²) in [6, 6.07) is 7.67. The summed E-state index contributed by atoms with van der Waals surface area (Å²) in [4.78, 5) is 23.2. The van der Waals surface area contributed by atoms with Gasteiger partial charge >= 0.3 is 0 Å². The van der Waals surface area contributed by atoms with Crippen LogP contribution in [-0.4, -0.2) is 59.8 Å². The number of nitrogens with zero attached hydrogens (tertiary/aromatic N) is 3. The molecule has 0 aliphatic carbocycles. The molecule has 12 heteroatoms. The van der Waals surface area contributed by atoms with Crippen LogP contribution in [0.5, 0.6) is 0 Å². The fourth-order valence-corrected chi connectivity index (χ4v) is 4.80. The van der Waals surface area contributed by atoms with Gasteiger partial charge in [-0.15, -0.1) is 0 Å². The number of nitrogens with two attached hydrogens (primary N) is 1. The number of imidazole rings is 1. The molecule has 0 bridgehead atoms. The summed E-state index contributed by atoms with van der Waals surface area (Å²) >= 11 is 4.80. The number of nitrogens with one attached hydrogen (secondary N) is 1. The van der Waals surface area contributed by atoms with Crippen LogP contribution in [0.2, 0.25) is 0 Å². The third kappa shape index (κ3) is 3.67. The van der Waals surface area contributed by atoms with Gasteiger partial charge in [-0.3, -0.25) is 14.3 Å². The fraction of sp³-hybridized carbons (Fsp3) is 0.353. The van der Waals surface area contributed by atoms with E-state index in [0.29, 0.717) is 10.9 Å². The van der Waals surface area contributed by atoms with Crippen molar-refractivity contribution in [3.8, 4) is 0 Å². The van der Waals surface area contributed by atoms with Gasteiger partial charge in [-0.25, -0.2) is 4.98 Å². The molecule has 0 radical (unpaired) electrons. The molecule has 1 aliphatic heterocycles. The van der Waals surface area contributed by atoms with Crippen LogP contribution in [0.3, 0.4) is 0 Å². The zero-order chi connectivity index (χ0) is 20.7. The molecule has 154 valence electrons. The van der Waals surface area contributed by atoms with Crippen molar-refractivity contribution < 1.29 is 20.1 Å². The van der Waals surface area contributed by atoms with Crippen LogP contribution in [0.15, 0.2) is 38.7 Å². The number of anilines is 1. The van der Waals surface area contributed by atoms with E-state index >= 15 is 0 Å². The van der Waals surface area contributed by atoms with Crippen LogP contribution in [0, 0.1) is 0 Å². The number of rotatable bonds is 5. The lowest BCUT2D eigenvalue weighted by molar-refractivity contribution is -0.0548. The van der Waals surface area contributed by atoms with E-state index < -0.39 is 36.7 Å². The number of aromatic amines is 1. The SMILES string of the molecule is Nc1nc2c(nc(SCc3ccccc3Br)n2[C@@H]2O[C@@H](CO)[C@@H](O)[C@H]2O)c(=O)[nH]1. The summed E-state index contributed by atoms with van der Waals surface area (Å²) in [7, 11) is 0. The molecule has 1 saturated heterocycles. The normalized spacial score (nSPS) is 24.4. The van der Waals surface area contributed by atoms with Crippen molar-refractivity contribution in [2.45, 2.75) is 35.4 Å². The van der Waals surface area contributed by atoms with Gasteiger partial charge in [0, 0.05) is 10.2 Å². The van der Waals surface area contributed by atoms with E-state index in [1.165, 1.54) is 16.3 Å². The minimum Gasteiger partial charge on any atom is -0.394 e. The molecule has 4 rings (SSSR count). The zero-order valence-corrected chi connectivity index (χ0v) is 17.3. The Hall–Kier alpha value is -1.96. The Morgan fingerprint density at radius 3 is 2.72 bits per heavy atom. The first-order valence-corrected chi connectivity index (χ1v) is 10.4. The van der Waals surface area contributed by atoms with E-state index in [4.69, 9.17) is 10.5 Å². The van der Waals surface area contributed by atoms with E-state index in [9.17, 15) is 20.1 Å². The molecule has 6 N–H and O–H groups in total. The number of aliphatic hydroxyl groups excluding tert-OH is 3. The second-order valence-electron chi connectivity index (χ2n) is 6.50. The minimum absolute atomic E-state index is 0.0339. The van der Waals surface area contributed by atoms with Crippen molar-refractivity contribution in [1.29, 1.82) is 0 Å². The Balaban J connectivity index is 1.79. The molecule has 10 nitrogen and oxygen atoms in total. The van der Waals surface area contributed by atoms with E-state index in [2.05, 4.69) is 30.9 Å². The third-order valence-electron chi connectivity index (χ3n) is 4.62. The highest BCUT2D eigenvalue weighted by atomic mass is 79.9. The molecule has 1 fully saturated rings. The van der Waals surface area contributed by atoms with Crippen molar-refractivity contribution in [2.24, 2.45) is 0 Å². The second kappa shape index (κ2) is 8.05. The van der Waals surface area contributed by atoms with Crippen molar-refractivity contribution >= 4 is 44.8 Å². The monoisotopic (exact) mass is 483 g/mol. The first kappa shape index (κ1) is 20.3. The fourth-order valence-electron chi connectivity index (χ4n) is 3.16. The number of nitrogen functional groups attached to an aromatic ring is 1. The minimum atomic E-state index is -1.35. The van der Waals surface area contributed by atoms with E-state index in [1.54, 1.807) is 0 Å². The standard InChI is InChI=1S/C17H18BrN5O5S/c18-8-4-2-1-3-7(8)6-29-17-20-10-13(21-16(19)22-14(10)27)23(17)15-12(26)11(25)9(5-24)28-15/h1-4,9,11-12,15,24-26H,5-6H2,(H3,19,21,22,27)/t9-,11+,12+,15+/m0/s1. The summed E-state index contributed by atoms with van der Waals surface area (Å²) in [5.41, 5.74) is 6.31. The van der Waals surface area contributed by atoms with Gasteiger partial charge in [-0.2, -0.15) is 4.98 Å². The quantitative estimate of drug-likeness (QED) is 0.323. The zero-order valence-electron chi connectivity index (χ0n) is 14.9. The highest BCUT2D eigenvalue weighted by Crippen LogP contribution is 2.36. The number of hydrogen-bond acceptors (Lipinski definition) is 9. The van der Waals surface area contributed by atoms with E-state index in [0.717, 1.165) is 10.0 Å². The maximum atomic E-state index is 12.3. The van der Waals surface area contributed by atoms with Crippen LogP contribution >= 0.6 is 27.7 Å². The number of halogens is 1. The van der Waals surface area contributed by atoms with E-state index in [1.807, 2.05) is 24.3 Å². The molecular formula is C17H18BrN5O5S. The van der Waals surface area contributed by atoms with Gasteiger partial charge in [0.25, 0.3) is 5.56 Å². The number of aromatic nitrogens is 4. The van der Waals surface area contributed by atoms with Crippen LogP contribution in [0.1, 0.15) is 11.8 Å². The van der Waals surface area contributed by atoms with Crippen molar-refractivity contribution in [3.05, 3.63) is 44.7 Å². The van der Waals surface area contributed by atoms with Crippen molar-refractivity contribution in [1.82, 2.24) is 19.5 Å². The first-order chi connectivity index (χ1) is 13.9. The van der Waals surface area contributed by atoms with Crippen molar-refractivity contribution in [3.63, 3.8) is 0 Å². The molecule has 2 aromatic heterocycles. The van der Waals surface area contributed by atoms with Crippen LogP contribution in [0.25, 0.3) is 11.2 Å². The lowest BCUT2D eigenvalue weighted by Gasteiger charge is -2.19. The lowest BCUT2D eigenvalue weighted by Crippen LogP contribution is -2.33. The smallest absolute Gasteiger partial charge is 0.280 e. The Labute approximate surface area is 176 Å². The summed E-state index contributed by atoms with van der Waals surface area (Å²) in [6.45, 7) is -0.475. The molecule has 0 saturated carbocycles. The van der Waals surface area contributed by atoms with Crippen molar-refractivity contribution in [2.75, 3.05) is 12.3 Å². The number of ether oxygens (including phenoxy) is 1. The number of thioether (sulfide) groups is 1. The largest absolute Gasteiger partial charge is 0.394 e. The Morgan fingerprint density at radius 1 is 1.28 bits per heavy atom. The lowest BCUT2D eigenvalue weighted by atomic mass is 10.1. The maximum Gasteiger partial charge on any atom is 0.280 e. The molecule has 1 aliphatic rings. The topological polar surface area (TPSA) is 160 Å². The average Bonchev–Trinajstić information content (AvgIpc) is 3.19. The average molecular weight is 484 g/mol. The molecule has 0 amide bonds. The van der Waals surface area contributed by atoms with E-state index in [-0.39, 0.29) is 17.1 Å². The van der Waals surface area contributed by atoms with Crippen LogP contribution in [0.4, 0.5) is 5.95 Å². The molecule has 0 unspecified atom stereocenters. The van der Waals surface area contributed by atoms with Gasteiger partial charge in [0.15, 0.2) is 22.5 Å². The molecule has 4 atom stereocenters. The van der Waals surface area contributed by atoms with Gasteiger partial charge in [-0.1, -0.05) is 45.9 Å². The number of aliphatic hydroxyl groups is 3. The predicted octanol–water partition coefficient (Wildman–Crippen LogP) is 0.368. The summed E-state index contributed by atoms with van der Waals surface area (Å²) in [5, 5.41) is 30.4. The number of H-pyrrole nitrogens is 1. The van der Waals surface area contributed by atoms with Gasteiger partial charge in [0.1, 0.15) is 18.3 Å². The molecule has 3 heterocycles. The van der Waals surface area contributed by atoms with Crippen LogP contribution in [-0.2, 0) is 10.5 Å². The van der Waals surface area contributed by atoms with Gasteiger partial charge in [-0.05, 0) is 11.6 Å². The van der Waals surface area contributed by atoms with Gasteiger partial charge in [0.2, 0.25) is 5.95 Å². The highest BCUT2D eigenvalue weighted by molar-refractivity contribution is 9.10. The third-order valence-corrected chi connectivity index (χ3v) is 6.40. The highest BCUT2D eigenvalue weighted by Gasteiger charge is 2.45. The molecular weight excluding hydrogens is 466 g/mol. The Bertz CT molecular complexity index is 1110. The maximum absolute atomic E-state index is 12.3. The molecule has 0 spiro atoms. The summed E-state index contributed by atoms with van der Waals surface area (Å²) in [6.07, 6.45) is -4.73. The second-order valence-corrected chi connectivity index (χ2v) is 8.29. The number of hydrogen-bond donors (Lipinski definition) is 5. The predicted molar refractivity (Wildman–Crippen MR) is 109 cm³/mol.